The predicted molar refractivity (Wildman–Crippen MR) is 63.6 cm³/mol. The molecule has 0 radical (unpaired) electrons. The minimum absolute atomic E-state index is 0.0609. The first-order valence-corrected chi connectivity index (χ1v) is 5.72. The van der Waals surface area contributed by atoms with Gasteiger partial charge >= 0.3 is 5.97 Å². The van der Waals surface area contributed by atoms with Gasteiger partial charge in [0.05, 0.1) is 13.7 Å². The summed E-state index contributed by atoms with van der Waals surface area (Å²) in [5.41, 5.74) is 0. The van der Waals surface area contributed by atoms with E-state index in [1.807, 2.05) is 6.92 Å². The molecule has 0 aliphatic heterocycles. The van der Waals surface area contributed by atoms with Gasteiger partial charge in [0, 0.05) is 26.6 Å². The van der Waals surface area contributed by atoms with Crippen molar-refractivity contribution in [1.29, 1.82) is 0 Å². The lowest BCUT2D eigenvalue weighted by Gasteiger charge is -2.14. The number of rotatable bonds is 9. The van der Waals surface area contributed by atoms with Crippen molar-refractivity contribution in [2.75, 3.05) is 33.9 Å². The van der Waals surface area contributed by atoms with Crippen molar-refractivity contribution < 1.29 is 19.1 Å². The number of amides is 1. The van der Waals surface area contributed by atoms with E-state index in [4.69, 9.17) is 4.74 Å². The number of hydrogen-bond donors (Lipinski definition) is 2. The standard InChI is InChI=1S/C11H22N2O4/c1-4-9(11(15)17-3)12-6-5-10(14)13-7-8-16-2/h9,12H,4-8H2,1-3H3,(H,13,14). The molecule has 1 amide bonds. The fourth-order valence-electron chi connectivity index (χ4n) is 1.28. The first-order valence-electron chi connectivity index (χ1n) is 5.72. The molecule has 0 aromatic carbocycles. The van der Waals surface area contributed by atoms with Gasteiger partial charge in [0.25, 0.3) is 0 Å². The average molecular weight is 246 g/mol. The molecule has 1 atom stereocenters. The van der Waals surface area contributed by atoms with Crippen LogP contribution in [0.25, 0.3) is 0 Å². The summed E-state index contributed by atoms with van der Waals surface area (Å²) >= 11 is 0. The minimum atomic E-state index is -0.341. The highest BCUT2D eigenvalue weighted by atomic mass is 16.5. The largest absolute Gasteiger partial charge is 0.468 e. The van der Waals surface area contributed by atoms with Crippen LogP contribution >= 0.6 is 0 Å². The van der Waals surface area contributed by atoms with Crippen molar-refractivity contribution in [3.05, 3.63) is 0 Å². The van der Waals surface area contributed by atoms with Crippen LogP contribution in [0, 0.1) is 0 Å². The first-order chi connectivity index (χ1) is 8.15. The van der Waals surface area contributed by atoms with Crippen molar-refractivity contribution >= 4 is 11.9 Å². The van der Waals surface area contributed by atoms with Gasteiger partial charge in [-0.15, -0.1) is 0 Å². The van der Waals surface area contributed by atoms with Crippen molar-refractivity contribution in [2.45, 2.75) is 25.8 Å². The third-order valence-electron chi connectivity index (χ3n) is 2.27. The van der Waals surface area contributed by atoms with E-state index in [2.05, 4.69) is 15.4 Å². The van der Waals surface area contributed by atoms with Gasteiger partial charge in [-0.2, -0.15) is 0 Å². The number of nitrogens with one attached hydrogen (secondary N) is 2. The van der Waals surface area contributed by atoms with Crippen LogP contribution in [0.4, 0.5) is 0 Å². The lowest BCUT2D eigenvalue weighted by atomic mass is 10.2. The zero-order valence-electron chi connectivity index (χ0n) is 10.7. The smallest absolute Gasteiger partial charge is 0.322 e. The van der Waals surface area contributed by atoms with Crippen LogP contribution in [0.2, 0.25) is 0 Å². The molecule has 0 aliphatic carbocycles. The first kappa shape index (κ1) is 15.9. The van der Waals surface area contributed by atoms with Crippen molar-refractivity contribution in [3.63, 3.8) is 0 Å². The Morgan fingerprint density at radius 2 is 1.94 bits per heavy atom. The molecule has 0 saturated carbocycles. The monoisotopic (exact) mass is 246 g/mol. The Bertz CT molecular complexity index is 234. The molecule has 0 saturated heterocycles. The fraction of sp³-hybridized carbons (Fsp3) is 0.818. The second-order valence-corrected chi connectivity index (χ2v) is 3.53. The molecule has 6 nitrogen and oxygen atoms in total. The lowest BCUT2D eigenvalue weighted by Crippen LogP contribution is -2.39. The van der Waals surface area contributed by atoms with Crippen molar-refractivity contribution in [2.24, 2.45) is 0 Å². The van der Waals surface area contributed by atoms with E-state index < -0.39 is 0 Å². The van der Waals surface area contributed by atoms with Gasteiger partial charge in [0.1, 0.15) is 6.04 Å². The molecule has 0 heterocycles. The number of carbonyl (C=O) groups is 2. The fourth-order valence-corrected chi connectivity index (χ4v) is 1.28. The summed E-state index contributed by atoms with van der Waals surface area (Å²) in [5.74, 6) is -0.360. The highest BCUT2D eigenvalue weighted by Crippen LogP contribution is 1.93. The lowest BCUT2D eigenvalue weighted by molar-refractivity contribution is -0.143. The predicted octanol–water partition coefficient (Wildman–Crippen LogP) is -0.320. The van der Waals surface area contributed by atoms with Crippen molar-refractivity contribution in [3.8, 4) is 0 Å². The second kappa shape index (κ2) is 10.0. The van der Waals surface area contributed by atoms with Gasteiger partial charge < -0.3 is 20.1 Å². The Morgan fingerprint density at radius 3 is 2.47 bits per heavy atom. The van der Waals surface area contributed by atoms with Gasteiger partial charge in [0.2, 0.25) is 5.91 Å². The maximum absolute atomic E-state index is 11.3. The van der Waals surface area contributed by atoms with Gasteiger partial charge in [0.15, 0.2) is 0 Å². The molecule has 0 aromatic rings. The molecule has 0 rings (SSSR count). The highest BCUT2D eigenvalue weighted by Gasteiger charge is 2.15. The summed E-state index contributed by atoms with van der Waals surface area (Å²) < 4.78 is 9.43. The Hall–Kier alpha value is -1.14. The summed E-state index contributed by atoms with van der Waals surface area (Å²) in [7, 11) is 2.93. The maximum atomic E-state index is 11.3. The molecule has 0 aliphatic rings. The van der Waals surface area contributed by atoms with Crippen LogP contribution in [-0.4, -0.2) is 51.8 Å². The number of methoxy groups -OCH3 is 2. The van der Waals surface area contributed by atoms with E-state index in [0.717, 1.165) is 0 Å². The van der Waals surface area contributed by atoms with Crippen LogP contribution in [0.1, 0.15) is 19.8 Å². The third-order valence-corrected chi connectivity index (χ3v) is 2.27. The quantitative estimate of drug-likeness (QED) is 0.431. The molecule has 100 valence electrons. The van der Waals surface area contributed by atoms with Crippen LogP contribution in [-0.2, 0) is 19.1 Å². The maximum Gasteiger partial charge on any atom is 0.322 e. The Morgan fingerprint density at radius 1 is 1.24 bits per heavy atom. The molecule has 0 fully saturated rings. The van der Waals surface area contributed by atoms with Gasteiger partial charge in [-0.25, -0.2) is 0 Å². The molecule has 2 N–H and O–H groups in total. The zero-order valence-corrected chi connectivity index (χ0v) is 10.7. The molecule has 0 spiro atoms. The Kier molecular flexibility index (Phi) is 9.37. The number of hydrogen-bond acceptors (Lipinski definition) is 5. The second-order valence-electron chi connectivity index (χ2n) is 3.53. The number of ether oxygens (including phenoxy) is 2. The minimum Gasteiger partial charge on any atom is -0.468 e. The summed E-state index contributed by atoms with van der Waals surface area (Å²) in [4.78, 5) is 22.5. The SMILES string of the molecule is CCC(NCCC(=O)NCCOC)C(=O)OC. The number of carbonyl (C=O) groups excluding carboxylic acids is 2. The molecular weight excluding hydrogens is 224 g/mol. The normalized spacial score (nSPS) is 11.9. The third kappa shape index (κ3) is 7.70. The summed E-state index contributed by atoms with van der Waals surface area (Å²) in [6, 6.07) is -0.341. The van der Waals surface area contributed by atoms with Gasteiger partial charge in [-0.05, 0) is 6.42 Å². The molecular formula is C11H22N2O4. The molecule has 6 heteroatoms. The van der Waals surface area contributed by atoms with E-state index in [9.17, 15) is 9.59 Å². The van der Waals surface area contributed by atoms with Gasteiger partial charge in [-0.3, -0.25) is 9.59 Å². The van der Waals surface area contributed by atoms with Crippen LogP contribution in [0.5, 0.6) is 0 Å². The topological polar surface area (TPSA) is 76.7 Å². The molecule has 0 aromatic heterocycles. The highest BCUT2D eigenvalue weighted by molar-refractivity contribution is 5.77. The van der Waals surface area contributed by atoms with E-state index >= 15 is 0 Å². The Labute approximate surface area is 102 Å². The van der Waals surface area contributed by atoms with Crippen molar-refractivity contribution in [1.82, 2.24) is 10.6 Å². The summed E-state index contributed by atoms with van der Waals surface area (Å²) in [5, 5.41) is 5.67. The molecule has 0 bridgehead atoms. The van der Waals surface area contributed by atoms with E-state index in [1.54, 1.807) is 7.11 Å². The summed E-state index contributed by atoms with van der Waals surface area (Å²) in [6.45, 7) is 3.34. The molecule has 17 heavy (non-hydrogen) atoms. The molecule has 1 unspecified atom stereocenters. The van der Waals surface area contributed by atoms with E-state index in [1.165, 1.54) is 7.11 Å². The van der Waals surface area contributed by atoms with Gasteiger partial charge in [-0.1, -0.05) is 6.92 Å². The van der Waals surface area contributed by atoms with Crippen LogP contribution in [0.15, 0.2) is 0 Å². The van der Waals surface area contributed by atoms with Crippen LogP contribution in [0.3, 0.4) is 0 Å². The average Bonchev–Trinajstić information content (AvgIpc) is 2.34. The zero-order chi connectivity index (χ0) is 13.1. The Balaban J connectivity index is 3.66. The van der Waals surface area contributed by atoms with Crippen LogP contribution < -0.4 is 10.6 Å². The van der Waals surface area contributed by atoms with E-state index in [0.29, 0.717) is 32.5 Å². The number of esters is 1. The summed E-state index contributed by atoms with van der Waals surface area (Å²) in [6.07, 6.45) is 0.967. The van der Waals surface area contributed by atoms with E-state index in [-0.39, 0.29) is 17.9 Å².